The third-order valence-corrected chi connectivity index (χ3v) is 18.9. The number of hydrogen-bond acceptors (Lipinski definition) is 37. The van der Waals surface area contributed by atoms with Crippen LogP contribution < -0.4 is 0 Å². The number of Topliss-reactive ketones (excluding diaryl/α,β-unsaturated/α-hetero) is 12. The minimum atomic E-state index is -4.16. The predicted molar refractivity (Wildman–Crippen MR) is 389 cm³/mol. The maximum Gasteiger partial charge on any atom is 0.400 e. The summed E-state index contributed by atoms with van der Waals surface area (Å²) in [4.78, 5) is 138. The van der Waals surface area contributed by atoms with Gasteiger partial charge in [-0.3, -0.25) is 78.4 Å². The van der Waals surface area contributed by atoms with E-state index in [1.165, 1.54) is 0 Å². The van der Waals surface area contributed by atoms with Crippen LogP contribution in [0.3, 0.4) is 0 Å². The lowest BCUT2D eigenvalue weighted by Crippen LogP contribution is -2.16. The molecule has 42 heteroatoms. The molecule has 0 radical (unpaired) electrons. The molecular formula is C67H120O37S5. The Morgan fingerprint density at radius 2 is 0.495 bits per heavy atom. The van der Waals surface area contributed by atoms with Crippen LogP contribution in [0.4, 0.5) is 0 Å². The van der Waals surface area contributed by atoms with Crippen LogP contribution in [0.1, 0.15) is 259 Å². The van der Waals surface area contributed by atoms with E-state index in [0.29, 0.717) is 70.6 Å². The average molecular weight is 1680 g/mol. The van der Waals surface area contributed by atoms with Crippen LogP contribution in [0.25, 0.3) is 0 Å². The third-order valence-electron chi connectivity index (χ3n) is 14.7. The van der Waals surface area contributed by atoms with Crippen LogP contribution in [-0.4, -0.2) is 236 Å². The first-order valence-corrected chi connectivity index (χ1v) is 42.2. The highest BCUT2D eigenvalue weighted by Gasteiger charge is 2.20. The fourth-order valence-corrected chi connectivity index (χ4v) is 9.97. The smallest absolute Gasteiger partial charge is 0.393 e. The van der Waals surface area contributed by atoms with Gasteiger partial charge in [-0.2, -0.15) is 42.1 Å². The molecule has 640 valence electrons. The molecule has 109 heavy (non-hydrogen) atoms. The van der Waals surface area contributed by atoms with Crippen LogP contribution in [0.2, 0.25) is 0 Å². The number of carbonyl (C=O) groups is 12. The van der Waals surface area contributed by atoms with Gasteiger partial charge in [-0.1, -0.05) is 26.7 Å². The van der Waals surface area contributed by atoms with Crippen molar-refractivity contribution < 1.29 is 167 Å². The molecule has 0 rings (SSSR count). The number of aliphatic hydroxyl groups excluding tert-OH is 5. The zero-order valence-electron chi connectivity index (χ0n) is 64.5. The van der Waals surface area contributed by atoms with E-state index < -0.39 is 82.7 Å². The summed E-state index contributed by atoms with van der Waals surface area (Å²) >= 11 is 0. The largest absolute Gasteiger partial charge is 0.400 e. The number of aliphatic hydroxyl groups is 5. The van der Waals surface area contributed by atoms with Gasteiger partial charge in [0.25, 0.3) is 0 Å². The maximum absolute atomic E-state index is 11.6. The maximum atomic E-state index is 11.6. The number of hydrogen-bond donors (Lipinski definition) is 5. The van der Waals surface area contributed by atoms with Gasteiger partial charge in [0.05, 0.1) is 92.5 Å². The average Bonchev–Trinajstić information content (AvgIpc) is 0.974. The van der Waals surface area contributed by atoms with Crippen LogP contribution >= 0.6 is 0 Å². The van der Waals surface area contributed by atoms with Gasteiger partial charge in [0.2, 0.25) is 0 Å². The molecule has 5 N–H and O–H groups in total. The zero-order valence-corrected chi connectivity index (χ0v) is 68.6. The van der Waals surface area contributed by atoms with Crippen molar-refractivity contribution in [2.45, 2.75) is 290 Å². The molecule has 0 aromatic rings. The van der Waals surface area contributed by atoms with Crippen molar-refractivity contribution in [2.75, 3.05) is 68.6 Å². The van der Waals surface area contributed by atoms with Crippen LogP contribution in [0.15, 0.2) is 0 Å². The SMILES string of the molecule is CCC(O)CCCC(=O)CCC(=O)CCOS(=O)(=O)OC.CCCC(O)CCC(=O)CCC(=O)CCOS(=O)(=O)OC.COS(=O)(=O)OCC(=O)CCC(=O)CCC(=O)CCC(C)O.COS(=O)(=O)OCCC(=O)CCC(=O)CCCCC(C)O.COS(=O)(=O)OCCCC(=O)CCC(=O)CCC(=O)CCC(C)O. The quantitative estimate of drug-likeness (QED) is 0.0508. The third kappa shape index (κ3) is 82.5. The second-order valence-electron chi connectivity index (χ2n) is 24.5. The van der Waals surface area contributed by atoms with Crippen molar-refractivity contribution in [3.63, 3.8) is 0 Å². The van der Waals surface area contributed by atoms with Crippen molar-refractivity contribution in [1.29, 1.82) is 0 Å². The number of rotatable bonds is 67. The molecule has 0 aliphatic heterocycles. The van der Waals surface area contributed by atoms with Crippen molar-refractivity contribution in [3.05, 3.63) is 0 Å². The Kier molecular flexibility index (Phi) is 70.0. The Labute approximate surface area is 643 Å². The van der Waals surface area contributed by atoms with E-state index in [2.05, 4.69) is 41.8 Å². The molecule has 0 aliphatic carbocycles. The van der Waals surface area contributed by atoms with Gasteiger partial charge in [0.1, 0.15) is 70.2 Å². The molecule has 0 aromatic carbocycles. The highest BCUT2D eigenvalue weighted by molar-refractivity contribution is 7.82. The van der Waals surface area contributed by atoms with Gasteiger partial charge >= 0.3 is 52.0 Å². The molecule has 0 aliphatic rings. The monoisotopic (exact) mass is 1680 g/mol. The van der Waals surface area contributed by atoms with Crippen molar-refractivity contribution >= 4 is 121 Å². The molecule has 0 fully saturated rings. The molecule has 0 aromatic heterocycles. The van der Waals surface area contributed by atoms with E-state index in [0.717, 1.165) is 48.4 Å². The number of carbonyl (C=O) groups excluding carboxylic acids is 12. The summed E-state index contributed by atoms with van der Waals surface area (Å²) in [6.07, 6.45) is 6.79. The van der Waals surface area contributed by atoms with Crippen molar-refractivity contribution in [3.8, 4) is 0 Å². The van der Waals surface area contributed by atoms with Crippen LogP contribution in [0, 0.1) is 0 Å². The zero-order chi connectivity index (χ0) is 84.7. The summed E-state index contributed by atoms with van der Waals surface area (Å²) in [5.41, 5.74) is 0. The van der Waals surface area contributed by atoms with E-state index in [1.807, 2.05) is 13.8 Å². The van der Waals surface area contributed by atoms with Gasteiger partial charge in [0.15, 0.2) is 5.78 Å². The Morgan fingerprint density at radius 3 is 0.789 bits per heavy atom. The second kappa shape index (κ2) is 67.7. The Morgan fingerprint density at radius 1 is 0.248 bits per heavy atom. The fraction of sp³-hybridized carbons (Fsp3) is 0.821. The molecule has 5 unspecified atom stereocenters. The molecule has 0 bridgehead atoms. The van der Waals surface area contributed by atoms with Crippen molar-refractivity contribution in [1.82, 2.24) is 0 Å². The number of unbranched alkanes of at least 4 members (excludes halogenated alkanes) is 1. The normalized spacial score (nSPS) is 13.0. The summed E-state index contributed by atoms with van der Waals surface area (Å²) in [6.45, 7) is 7.00. The second-order valence-corrected chi connectivity index (χ2v) is 31.5. The summed E-state index contributed by atoms with van der Waals surface area (Å²) in [7, 11) is -15.4. The van der Waals surface area contributed by atoms with Crippen LogP contribution in [-0.2, 0) is 151 Å². The molecule has 0 saturated heterocycles. The van der Waals surface area contributed by atoms with Gasteiger partial charge < -0.3 is 25.5 Å². The molecule has 0 saturated carbocycles. The lowest BCUT2D eigenvalue weighted by atomic mass is 10.0. The first-order valence-electron chi connectivity index (χ1n) is 35.5. The first kappa shape index (κ1) is 113. The van der Waals surface area contributed by atoms with E-state index in [4.69, 9.17) is 15.3 Å². The van der Waals surface area contributed by atoms with E-state index in [-0.39, 0.29) is 244 Å². The minimum absolute atomic E-state index is 0.000579. The minimum Gasteiger partial charge on any atom is -0.393 e. The Hall–Kier alpha value is -4.81. The summed E-state index contributed by atoms with van der Waals surface area (Å²) in [6, 6.07) is 0. The summed E-state index contributed by atoms with van der Waals surface area (Å²) in [5.74, 6) is -2.13. The van der Waals surface area contributed by atoms with Gasteiger partial charge in [0, 0.05) is 148 Å². The topological polar surface area (TPSA) is 569 Å². The fourth-order valence-electron chi connectivity index (χ4n) is 8.03. The van der Waals surface area contributed by atoms with Crippen molar-refractivity contribution in [2.24, 2.45) is 0 Å². The van der Waals surface area contributed by atoms with E-state index >= 15 is 0 Å². The lowest BCUT2D eigenvalue weighted by molar-refractivity contribution is -0.126. The molecule has 0 spiro atoms. The Balaban J connectivity index is -0.000000414. The van der Waals surface area contributed by atoms with Gasteiger partial charge in [-0.25, -0.2) is 20.9 Å². The Bertz CT molecular complexity index is 3220. The highest BCUT2D eigenvalue weighted by Crippen LogP contribution is 2.14. The highest BCUT2D eigenvalue weighted by atomic mass is 32.3. The molecule has 0 heterocycles. The standard InChI is InChI=1S/C15H26O8S.C13H22O8S.3C13H24O7S/c1-12(16)5-6-14(18)9-10-15(19)8-7-13(17)4-3-11-23-24(20,21)22-2;1-10(14)3-4-11(15)5-6-12(16)7-8-13(17)9-21-22(18,19)20-2;1-11(14)5-3-4-6-12(15)7-8-13(16)9-10-20-21(17,18)19-2;1-3-11(14)5-4-6-12(15)7-8-13(16)9-10-20-21(17,18)19-2;1-3-4-11(14)5-6-12(15)7-8-13(16)9-10-20-21(17,18)19-2/h12,16H,3-11H2,1-2H3;10,14H,3-9H2,1-2H3;3*11,14H,3-10H2,1-2H3. The molecule has 0 amide bonds. The predicted octanol–water partition coefficient (Wildman–Crippen LogP) is 4.86. The molecule has 37 nitrogen and oxygen atoms in total. The number of ketones is 12. The van der Waals surface area contributed by atoms with Gasteiger partial charge in [-0.15, -0.1) is 0 Å². The lowest BCUT2D eigenvalue weighted by Gasteiger charge is -2.07. The summed E-state index contributed by atoms with van der Waals surface area (Å²) in [5, 5.41) is 46.0. The summed E-state index contributed by atoms with van der Waals surface area (Å²) < 4.78 is 150. The first-order chi connectivity index (χ1) is 50.7. The van der Waals surface area contributed by atoms with Gasteiger partial charge in [-0.05, 0) is 85.0 Å². The van der Waals surface area contributed by atoms with E-state index in [1.54, 1.807) is 20.8 Å². The van der Waals surface area contributed by atoms with Crippen LogP contribution in [0.5, 0.6) is 0 Å². The molecular weight excluding hydrogens is 1560 g/mol. The molecule has 5 atom stereocenters. The van der Waals surface area contributed by atoms with E-state index in [9.17, 15) is 110 Å².